The molecule has 1 heterocycles. The Balaban J connectivity index is 2.55. The second-order valence-corrected chi connectivity index (χ2v) is 2.55. The Hall–Kier alpha value is -0.950. The van der Waals surface area contributed by atoms with E-state index in [9.17, 15) is 0 Å². The van der Waals surface area contributed by atoms with Gasteiger partial charge in [-0.1, -0.05) is 11.8 Å². The van der Waals surface area contributed by atoms with Crippen LogP contribution in [-0.4, -0.2) is 18.0 Å². The van der Waals surface area contributed by atoms with Crippen LogP contribution in [0.4, 0.5) is 0 Å². The molecule has 0 aliphatic carbocycles. The number of nitriles is 1. The van der Waals surface area contributed by atoms with Gasteiger partial charge in [0, 0.05) is 6.20 Å². The van der Waals surface area contributed by atoms with Crippen LogP contribution < -0.4 is 5.32 Å². The molecule has 0 unspecified atom stereocenters. The molecule has 52 valence electrons. The minimum absolute atomic E-state index is 0.514. The first-order chi connectivity index (χ1) is 4.86. The zero-order valence-electron chi connectivity index (χ0n) is 5.59. The Bertz CT molecular complexity index is 224. The normalized spacial score (nSPS) is 16.4. The first kappa shape index (κ1) is 7.16. The molecule has 0 saturated heterocycles. The topological polar surface area (TPSA) is 48.2 Å². The Morgan fingerprint density at radius 2 is 2.70 bits per heavy atom. The maximum atomic E-state index is 8.42. The van der Waals surface area contributed by atoms with Crippen molar-refractivity contribution in [3.8, 4) is 6.07 Å². The number of hydrogen-bond donors (Lipinski definition) is 1. The molecular formula is C6H7N3S. The molecule has 1 aliphatic heterocycles. The summed E-state index contributed by atoms with van der Waals surface area (Å²) in [6.07, 6.45) is 3.63. The molecule has 0 atom stereocenters. The summed E-state index contributed by atoms with van der Waals surface area (Å²) in [7, 11) is 0. The lowest BCUT2D eigenvalue weighted by Crippen LogP contribution is -2.18. The Morgan fingerprint density at radius 1 is 1.90 bits per heavy atom. The average molecular weight is 153 g/mol. The highest BCUT2D eigenvalue weighted by Crippen LogP contribution is 2.03. The summed E-state index contributed by atoms with van der Waals surface area (Å²) in [4.78, 5) is 4.08. The maximum absolute atomic E-state index is 8.42. The smallest absolute Gasteiger partial charge is 0.160 e. The van der Waals surface area contributed by atoms with Gasteiger partial charge in [-0.05, 0) is 6.26 Å². The van der Waals surface area contributed by atoms with Crippen LogP contribution in [0.5, 0.6) is 0 Å². The highest BCUT2D eigenvalue weighted by molar-refractivity contribution is 8.13. The first-order valence-corrected chi connectivity index (χ1v) is 4.03. The zero-order valence-corrected chi connectivity index (χ0v) is 6.40. The lowest BCUT2D eigenvalue weighted by molar-refractivity contribution is 1.08. The van der Waals surface area contributed by atoms with Crippen molar-refractivity contribution in [1.82, 2.24) is 5.32 Å². The predicted octanol–water partition coefficient (Wildman–Crippen LogP) is 0.716. The van der Waals surface area contributed by atoms with Gasteiger partial charge in [0.2, 0.25) is 0 Å². The Kier molecular flexibility index (Phi) is 2.35. The summed E-state index contributed by atoms with van der Waals surface area (Å²) in [5.74, 6) is 0. The fraction of sp³-hybridized carbons (Fsp3) is 0.333. The summed E-state index contributed by atoms with van der Waals surface area (Å²) >= 11 is 1.54. The molecule has 0 fully saturated rings. The van der Waals surface area contributed by atoms with Crippen LogP contribution in [0.2, 0.25) is 0 Å². The highest BCUT2D eigenvalue weighted by Gasteiger charge is 2.02. The quantitative estimate of drug-likeness (QED) is 0.557. The molecule has 0 saturated carbocycles. The maximum Gasteiger partial charge on any atom is 0.160 e. The number of hydrogen-bond acceptors (Lipinski definition) is 4. The van der Waals surface area contributed by atoms with Crippen LogP contribution in [0.1, 0.15) is 0 Å². The largest absolute Gasteiger partial charge is 0.340 e. The first-order valence-electron chi connectivity index (χ1n) is 2.81. The van der Waals surface area contributed by atoms with E-state index in [2.05, 4.69) is 10.3 Å². The minimum atomic E-state index is 0.514. The van der Waals surface area contributed by atoms with E-state index in [0.717, 1.165) is 5.17 Å². The van der Waals surface area contributed by atoms with Crippen molar-refractivity contribution in [3.63, 3.8) is 0 Å². The van der Waals surface area contributed by atoms with Gasteiger partial charge < -0.3 is 5.32 Å². The fourth-order valence-corrected chi connectivity index (χ4v) is 0.959. The lowest BCUT2D eigenvalue weighted by atomic mass is 10.3. The van der Waals surface area contributed by atoms with Gasteiger partial charge in [0.1, 0.15) is 0 Å². The molecule has 0 aromatic heterocycles. The molecule has 0 amide bonds. The van der Waals surface area contributed by atoms with Gasteiger partial charge >= 0.3 is 0 Å². The number of amidine groups is 1. The van der Waals surface area contributed by atoms with Crippen LogP contribution in [-0.2, 0) is 0 Å². The van der Waals surface area contributed by atoms with Crippen LogP contribution in [0.25, 0.3) is 0 Å². The number of nitrogens with zero attached hydrogens (tertiary/aromatic N) is 2. The number of rotatable bonds is 0. The third-order valence-electron chi connectivity index (χ3n) is 1.10. The van der Waals surface area contributed by atoms with E-state index in [1.165, 1.54) is 0 Å². The van der Waals surface area contributed by atoms with Crippen molar-refractivity contribution in [1.29, 1.82) is 5.26 Å². The van der Waals surface area contributed by atoms with Crippen LogP contribution >= 0.6 is 11.8 Å². The van der Waals surface area contributed by atoms with Crippen LogP contribution in [0, 0.1) is 11.3 Å². The number of thioether (sulfide) groups is 1. The zero-order chi connectivity index (χ0) is 7.40. The second kappa shape index (κ2) is 3.28. The van der Waals surface area contributed by atoms with Crippen molar-refractivity contribution >= 4 is 16.9 Å². The van der Waals surface area contributed by atoms with Crippen molar-refractivity contribution in [3.05, 3.63) is 11.8 Å². The minimum Gasteiger partial charge on any atom is -0.340 e. The number of nitrogens with one attached hydrogen (secondary N) is 1. The Morgan fingerprint density at radius 3 is 3.10 bits per heavy atom. The number of aliphatic imine (C=N–C) groups is 1. The van der Waals surface area contributed by atoms with Crippen LogP contribution in [0.3, 0.4) is 0 Å². The van der Waals surface area contributed by atoms with Gasteiger partial charge in [-0.2, -0.15) is 5.26 Å². The van der Waals surface area contributed by atoms with E-state index in [-0.39, 0.29) is 0 Å². The van der Waals surface area contributed by atoms with E-state index in [1.54, 1.807) is 18.0 Å². The SMILES string of the molecule is CSC1=NCC(C#N)=CN1. The highest BCUT2D eigenvalue weighted by atomic mass is 32.2. The summed E-state index contributed by atoms with van der Waals surface area (Å²) in [5.41, 5.74) is 0.679. The molecular weight excluding hydrogens is 146 g/mol. The lowest BCUT2D eigenvalue weighted by Gasteiger charge is -2.07. The van der Waals surface area contributed by atoms with Gasteiger partial charge in [-0.25, -0.2) is 0 Å². The third-order valence-corrected chi connectivity index (χ3v) is 1.73. The molecule has 0 bridgehead atoms. The van der Waals surface area contributed by atoms with E-state index in [1.807, 2.05) is 12.3 Å². The van der Waals surface area contributed by atoms with E-state index in [4.69, 9.17) is 5.26 Å². The van der Waals surface area contributed by atoms with Crippen molar-refractivity contribution in [2.24, 2.45) is 4.99 Å². The molecule has 0 radical (unpaired) electrons. The Labute approximate surface area is 63.8 Å². The molecule has 1 N–H and O–H groups in total. The standard InChI is InChI=1S/C6H7N3S/c1-10-6-8-3-5(2-7)4-9-6/h3H,4H2,1H3,(H,8,9). The molecule has 3 nitrogen and oxygen atoms in total. The molecule has 0 aromatic carbocycles. The van der Waals surface area contributed by atoms with Gasteiger partial charge in [-0.15, -0.1) is 0 Å². The molecule has 1 rings (SSSR count). The molecule has 10 heavy (non-hydrogen) atoms. The van der Waals surface area contributed by atoms with E-state index < -0.39 is 0 Å². The molecule has 1 aliphatic rings. The van der Waals surface area contributed by atoms with Gasteiger partial charge in [0.05, 0.1) is 18.2 Å². The summed E-state index contributed by atoms with van der Waals surface area (Å²) < 4.78 is 0. The molecule has 0 spiro atoms. The predicted molar refractivity (Wildman–Crippen MR) is 42.6 cm³/mol. The third kappa shape index (κ3) is 1.52. The molecule has 0 aromatic rings. The summed E-state index contributed by atoms with van der Waals surface area (Å²) in [6, 6.07) is 2.03. The molecule has 4 heteroatoms. The summed E-state index contributed by atoms with van der Waals surface area (Å²) in [5, 5.41) is 12.2. The van der Waals surface area contributed by atoms with Crippen molar-refractivity contribution in [2.45, 2.75) is 0 Å². The van der Waals surface area contributed by atoms with Crippen LogP contribution in [0.15, 0.2) is 16.8 Å². The average Bonchev–Trinajstić information content (AvgIpc) is 2.05. The van der Waals surface area contributed by atoms with Crippen molar-refractivity contribution in [2.75, 3.05) is 12.8 Å². The fourth-order valence-electron chi connectivity index (χ4n) is 0.588. The monoisotopic (exact) mass is 153 g/mol. The van der Waals surface area contributed by atoms with Gasteiger partial charge in [0.25, 0.3) is 0 Å². The summed E-state index contributed by atoms with van der Waals surface area (Å²) in [6.45, 7) is 0.514. The van der Waals surface area contributed by atoms with Gasteiger partial charge in [0.15, 0.2) is 5.17 Å². The van der Waals surface area contributed by atoms with E-state index in [0.29, 0.717) is 12.1 Å². The second-order valence-electron chi connectivity index (χ2n) is 1.75. The van der Waals surface area contributed by atoms with Crippen molar-refractivity contribution < 1.29 is 0 Å². The van der Waals surface area contributed by atoms with Gasteiger partial charge in [-0.3, -0.25) is 4.99 Å². The van der Waals surface area contributed by atoms with E-state index >= 15 is 0 Å².